The van der Waals surface area contributed by atoms with Crippen LogP contribution in [-0.2, 0) is 36.4 Å². The van der Waals surface area contributed by atoms with Gasteiger partial charge in [-0.15, -0.1) is 22.8 Å². The summed E-state index contributed by atoms with van der Waals surface area (Å²) in [6.07, 6.45) is 1.78. The summed E-state index contributed by atoms with van der Waals surface area (Å²) < 4.78 is 29.5. The molecule has 0 bridgehead atoms. The molecule has 238 valence electrons. The number of nitrogens with zero attached hydrogens (tertiary/aromatic N) is 4. The molecule has 0 saturated heterocycles. The van der Waals surface area contributed by atoms with E-state index >= 15 is 4.39 Å². The quantitative estimate of drug-likeness (QED) is 0.145. The van der Waals surface area contributed by atoms with E-state index in [1.165, 1.54) is 0 Å². The van der Waals surface area contributed by atoms with Crippen LogP contribution in [0.25, 0.3) is 0 Å². The van der Waals surface area contributed by atoms with Gasteiger partial charge in [-0.1, -0.05) is 32.0 Å². The van der Waals surface area contributed by atoms with Crippen LogP contribution < -0.4 is 0 Å². The van der Waals surface area contributed by atoms with Crippen molar-refractivity contribution in [3.8, 4) is 6.07 Å². The van der Waals surface area contributed by atoms with E-state index in [0.717, 1.165) is 34.3 Å². The number of rotatable bonds is 8. The molecule has 0 radical (unpaired) electrons. The van der Waals surface area contributed by atoms with Crippen molar-refractivity contribution < 1.29 is 28.9 Å². The fraction of sp³-hybridized carbons (Fsp3) is 0.171. The van der Waals surface area contributed by atoms with E-state index in [1.807, 2.05) is 111 Å². The van der Waals surface area contributed by atoms with Crippen LogP contribution >= 0.6 is 0 Å². The zero-order valence-corrected chi connectivity index (χ0v) is 29.2. The third-order valence-corrected chi connectivity index (χ3v) is 8.84. The first kappa shape index (κ1) is 34.4. The van der Waals surface area contributed by atoms with Gasteiger partial charge in [0.1, 0.15) is 0 Å². The Morgan fingerprint density at radius 1 is 0.625 bits per heavy atom. The van der Waals surface area contributed by atoms with Crippen molar-refractivity contribution in [1.82, 2.24) is 15.0 Å². The van der Waals surface area contributed by atoms with Gasteiger partial charge >= 0.3 is 20.1 Å². The zero-order valence-electron chi connectivity index (χ0n) is 26.8. The number of pyridine rings is 3. The Morgan fingerprint density at radius 2 is 1.15 bits per heavy atom. The maximum Gasteiger partial charge on any atom is 3.00 e. The molecule has 0 unspecified atom stereocenters. The largest absolute Gasteiger partial charge is 3.00 e. The number of aromatic nitrogens is 3. The smallest absolute Gasteiger partial charge is 0.283 e. The first-order chi connectivity index (χ1) is 22.6. The number of nitriles is 1. The number of halogens is 2. The standard InChI is InChI=1S/C41H31F2N4.Ir/c1-39(2,31-24-25-32(42)30(27-44)38(31)43)33-20-13-21-34(46-33)40(3,4)35-22-14-23-37(47-35)41(28-15-7-5-8-16-28,29-17-9-6-10-18-29)36-19-11-12-26-45-36;/h5-15,17,19-23,25-26H,1-4H3;/q-3;+3. The second kappa shape index (κ2) is 13.7. The number of benzene rings is 3. The van der Waals surface area contributed by atoms with Crippen molar-refractivity contribution in [1.29, 1.82) is 5.26 Å². The first-order valence-electron chi connectivity index (χ1n) is 15.2. The van der Waals surface area contributed by atoms with Gasteiger partial charge in [-0.3, -0.25) is 23.7 Å². The van der Waals surface area contributed by atoms with Crippen LogP contribution in [-0.4, -0.2) is 15.0 Å². The molecule has 0 saturated carbocycles. The van der Waals surface area contributed by atoms with E-state index in [4.69, 9.17) is 15.0 Å². The number of hydrogen-bond acceptors (Lipinski definition) is 4. The van der Waals surface area contributed by atoms with Crippen molar-refractivity contribution in [3.63, 3.8) is 0 Å². The van der Waals surface area contributed by atoms with E-state index in [0.29, 0.717) is 11.4 Å². The fourth-order valence-electron chi connectivity index (χ4n) is 6.11. The van der Waals surface area contributed by atoms with Crippen LogP contribution in [0.1, 0.15) is 78.4 Å². The van der Waals surface area contributed by atoms with E-state index in [2.05, 4.69) is 18.2 Å². The zero-order chi connectivity index (χ0) is 33.2. The average Bonchev–Trinajstić information content (AvgIpc) is 3.10. The van der Waals surface area contributed by atoms with Crippen molar-refractivity contribution in [2.24, 2.45) is 0 Å². The molecule has 0 N–H and O–H groups in total. The molecular formula is C41H31F2IrN4. The molecular weight excluding hydrogens is 779 g/mol. The van der Waals surface area contributed by atoms with Gasteiger partial charge in [-0.2, -0.15) is 72.0 Å². The molecule has 0 atom stereocenters. The summed E-state index contributed by atoms with van der Waals surface area (Å²) in [5, 5.41) is 9.36. The summed E-state index contributed by atoms with van der Waals surface area (Å²) in [5.74, 6) is -1.87. The van der Waals surface area contributed by atoms with Crippen LogP contribution in [0.3, 0.4) is 0 Å². The maximum atomic E-state index is 15.3. The minimum absolute atomic E-state index is 0. The normalized spacial score (nSPS) is 11.8. The molecule has 3 heterocycles. The molecule has 6 rings (SSSR count). The number of hydrogen-bond donors (Lipinski definition) is 0. The van der Waals surface area contributed by atoms with Gasteiger partial charge in [0.2, 0.25) is 0 Å². The molecule has 0 spiro atoms. The molecule has 7 heteroatoms. The van der Waals surface area contributed by atoms with Gasteiger partial charge in [0, 0.05) is 39.9 Å². The molecule has 0 amide bonds. The summed E-state index contributed by atoms with van der Waals surface area (Å²) in [4.78, 5) is 15.2. The molecule has 48 heavy (non-hydrogen) atoms. The summed E-state index contributed by atoms with van der Waals surface area (Å²) in [5.41, 5.74) is 2.06. The Morgan fingerprint density at radius 3 is 1.67 bits per heavy atom. The first-order valence-corrected chi connectivity index (χ1v) is 15.2. The molecule has 0 aliphatic heterocycles. The summed E-state index contributed by atoms with van der Waals surface area (Å²) in [6, 6.07) is 45.4. The van der Waals surface area contributed by atoms with E-state index in [9.17, 15) is 9.65 Å². The average molecular weight is 810 g/mol. The topological polar surface area (TPSA) is 62.5 Å². The second-order valence-corrected chi connectivity index (χ2v) is 12.4. The van der Waals surface area contributed by atoms with Crippen LogP contribution in [0.5, 0.6) is 0 Å². The van der Waals surface area contributed by atoms with E-state index in [-0.39, 0.29) is 25.7 Å². The second-order valence-electron chi connectivity index (χ2n) is 12.4. The van der Waals surface area contributed by atoms with Crippen molar-refractivity contribution in [2.75, 3.05) is 0 Å². The molecule has 0 fully saturated rings. The minimum Gasteiger partial charge on any atom is -0.283 e. The van der Waals surface area contributed by atoms with Gasteiger partial charge in [-0.05, 0) is 50.2 Å². The Labute approximate surface area is 293 Å². The SMILES string of the molecule is CC(C)(c1cccc(C(C)(C)c2[c-]cc(F)c(C#N)c2F)n1)c1cccc(C(c2[c-]cccc2)(c2[c-]cccc2)c2ccccn2)n1.[Ir+3]. The summed E-state index contributed by atoms with van der Waals surface area (Å²) >= 11 is 0. The molecule has 3 aromatic carbocycles. The summed E-state index contributed by atoms with van der Waals surface area (Å²) in [7, 11) is 0. The van der Waals surface area contributed by atoms with E-state index < -0.39 is 33.4 Å². The van der Waals surface area contributed by atoms with Crippen molar-refractivity contribution in [2.45, 2.75) is 43.9 Å². The Kier molecular flexibility index (Phi) is 9.82. The third-order valence-electron chi connectivity index (χ3n) is 8.84. The van der Waals surface area contributed by atoms with Gasteiger partial charge in [0.25, 0.3) is 0 Å². The van der Waals surface area contributed by atoms with Gasteiger partial charge in [0.15, 0.2) is 0 Å². The molecule has 4 nitrogen and oxygen atoms in total. The van der Waals surface area contributed by atoms with Crippen LogP contribution in [0, 0.1) is 41.2 Å². The molecule has 0 aliphatic carbocycles. The van der Waals surface area contributed by atoms with E-state index in [1.54, 1.807) is 32.2 Å². The van der Waals surface area contributed by atoms with Gasteiger partial charge in [-0.25, -0.2) is 0 Å². The molecule has 0 aliphatic rings. The Balaban J connectivity index is 0.00000451. The molecule has 6 aromatic rings. The van der Waals surface area contributed by atoms with Gasteiger partial charge < -0.3 is 0 Å². The van der Waals surface area contributed by atoms with Crippen molar-refractivity contribution in [3.05, 3.63) is 196 Å². The molecule has 3 aromatic heterocycles. The van der Waals surface area contributed by atoms with Crippen LogP contribution in [0.2, 0.25) is 0 Å². The maximum absolute atomic E-state index is 15.3. The van der Waals surface area contributed by atoms with Crippen LogP contribution in [0.4, 0.5) is 8.78 Å². The van der Waals surface area contributed by atoms with Crippen molar-refractivity contribution >= 4 is 0 Å². The summed E-state index contributed by atoms with van der Waals surface area (Å²) in [6.45, 7) is 7.66. The van der Waals surface area contributed by atoms with Crippen LogP contribution in [0.15, 0.2) is 115 Å². The predicted octanol–water partition coefficient (Wildman–Crippen LogP) is 8.45. The fourth-order valence-corrected chi connectivity index (χ4v) is 6.11. The monoisotopic (exact) mass is 810 g/mol. The third kappa shape index (κ3) is 5.87. The Bertz CT molecular complexity index is 1980. The van der Waals surface area contributed by atoms with Gasteiger partial charge in [0.05, 0.1) is 34.3 Å². The Hall–Kier alpha value is -4.89. The predicted molar refractivity (Wildman–Crippen MR) is 176 cm³/mol. The minimum atomic E-state index is -1.02.